The van der Waals surface area contributed by atoms with Gasteiger partial charge in [0.1, 0.15) is 18.0 Å². The molecule has 0 radical (unpaired) electrons. The first-order valence-corrected chi connectivity index (χ1v) is 24.7. The first kappa shape index (κ1) is 42.5. The Hall–Kier alpha value is -1.89. The maximum absolute atomic E-state index is 13.6. The number of hydrogen-bond donors (Lipinski definition) is 0. The smallest absolute Gasteiger partial charge is 0.330 e. The number of cyclic esters (lactones) is 1. The number of carbonyl (C=O) groups excluding carboxylic acids is 2. The summed E-state index contributed by atoms with van der Waals surface area (Å²) in [7, 11) is -4.51. The minimum Gasteiger partial charge on any atom is -0.456 e. The number of hydrogen-bond acceptors (Lipinski definition) is 7. The minimum atomic E-state index is -2.30. The average Bonchev–Trinajstić information content (AvgIpc) is 2.97. The maximum Gasteiger partial charge on any atom is 0.330 e. The van der Waals surface area contributed by atoms with Gasteiger partial charge in [-0.25, -0.2) is 4.79 Å². The molecule has 3 aliphatic rings. The van der Waals surface area contributed by atoms with E-state index in [1.54, 1.807) is 0 Å². The van der Waals surface area contributed by atoms with Crippen molar-refractivity contribution in [3.63, 3.8) is 0 Å². The first-order chi connectivity index (χ1) is 23.1. The van der Waals surface area contributed by atoms with Crippen molar-refractivity contribution in [3.8, 4) is 0 Å². The van der Waals surface area contributed by atoms with Gasteiger partial charge in [-0.3, -0.25) is 4.79 Å². The topological polar surface area (TPSA) is 80.3 Å². The summed E-state index contributed by atoms with van der Waals surface area (Å²) in [6.45, 7) is 27.0. The summed E-state index contributed by atoms with van der Waals surface area (Å²) in [6, 6.07) is 0. The molecule has 0 saturated carbocycles. The molecule has 3 aliphatic heterocycles. The number of Topliss-reactive ketones (excluding diaryl/α,β-unsaturated/α-hetero) is 1. The fraction of sp³-hybridized carbons (Fsp3) is 0.707. The highest BCUT2D eigenvalue weighted by Crippen LogP contribution is 2.39. The van der Waals surface area contributed by atoms with Gasteiger partial charge in [0.15, 0.2) is 16.6 Å². The lowest BCUT2D eigenvalue weighted by molar-refractivity contribution is -0.146. The van der Waals surface area contributed by atoms with Crippen LogP contribution >= 0.6 is 0 Å². The lowest BCUT2D eigenvalue weighted by atomic mass is 9.93. The lowest BCUT2D eigenvalue weighted by Gasteiger charge is -2.40. The van der Waals surface area contributed by atoms with Crippen LogP contribution in [0, 0.1) is 5.92 Å². The van der Waals surface area contributed by atoms with Gasteiger partial charge < -0.3 is 23.1 Å². The molecule has 0 aromatic heterocycles. The number of esters is 1. The zero-order valence-corrected chi connectivity index (χ0v) is 35.3. The van der Waals surface area contributed by atoms with E-state index >= 15 is 0 Å². The van der Waals surface area contributed by atoms with Crippen LogP contribution < -0.4 is 0 Å². The first-order valence-electron chi connectivity index (χ1n) is 18.8. The molecular weight excluding hydrogens is 661 g/mol. The highest BCUT2D eigenvalue weighted by Gasteiger charge is 2.42. The molecule has 2 bridgehead atoms. The molecule has 9 heteroatoms. The summed E-state index contributed by atoms with van der Waals surface area (Å²) in [6.07, 6.45) is 20.5. The Balaban J connectivity index is 2.02. The molecule has 0 spiro atoms. The van der Waals surface area contributed by atoms with Crippen molar-refractivity contribution in [1.29, 1.82) is 0 Å². The fourth-order valence-corrected chi connectivity index (χ4v) is 8.47. The molecule has 7 nitrogen and oxygen atoms in total. The number of ketones is 1. The van der Waals surface area contributed by atoms with Crippen molar-refractivity contribution in [1.82, 2.24) is 0 Å². The van der Waals surface area contributed by atoms with Crippen LogP contribution in [0.5, 0.6) is 0 Å². The summed E-state index contributed by atoms with van der Waals surface area (Å²) in [5.41, 5.74) is 1.29. The molecule has 1 unspecified atom stereocenters. The van der Waals surface area contributed by atoms with Crippen LogP contribution in [-0.4, -0.2) is 71.6 Å². The molecule has 3 rings (SSSR count). The second-order valence-electron chi connectivity index (χ2n) is 17.8. The molecule has 0 aromatic carbocycles. The monoisotopic (exact) mass is 728 g/mol. The molecule has 0 amide bonds. The van der Waals surface area contributed by atoms with Gasteiger partial charge >= 0.3 is 5.97 Å². The SMILES string of the molecule is CC1=CCO[C@H](/C=C/[C@H](O[Si](C)(C)C(C)(C)C)[C@@H]2C/C=C/C(O[Si](C)(C)C(C)(C)C)CC(=O)C[C@H](C)C[C@@H]3CC=C[C@@H](C/C=C\C(=O)O2)O3)C1. The summed E-state index contributed by atoms with van der Waals surface area (Å²) >= 11 is 0. The number of carbonyl (C=O) groups is 2. The Kier molecular flexibility index (Phi) is 15.5. The molecule has 7 atom stereocenters. The normalized spacial score (nSPS) is 30.6. The number of fused-ring (bicyclic) bond motifs is 2. The second-order valence-corrected chi connectivity index (χ2v) is 27.3. The van der Waals surface area contributed by atoms with E-state index in [1.165, 1.54) is 11.6 Å². The third kappa shape index (κ3) is 13.6. The highest BCUT2D eigenvalue weighted by molar-refractivity contribution is 6.74. The van der Waals surface area contributed by atoms with Crippen LogP contribution in [0.2, 0.25) is 36.3 Å². The van der Waals surface area contributed by atoms with Crippen LogP contribution in [-0.2, 0) is 32.7 Å². The Labute approximate surface area is 306 Å². The van der Waals surface area contributed by atoms with Crippen molar-refractivity contribution in [2.75, 3.05) is 6.61 Å². The van der Waals surface area contributed by atoms with Gasteiger partial charge in [-0.2, -0.15) is 0 Å². The van der Waals surface area contributed by atoms with Crippen molar-refractivity contribution in [3.05, 3.63) is 60.3 Å². The van der Waals surface area contributed by atoms with E-state index in [0.717, 1.165) is 19.3 Å². The molecule has 0 aromatic rings. The third-order valence-corrected chi connectivity index (χ3v) is 20.0. The lowest BCUT2D eigenvalue weighted by Crippen LogP contribution is -2.47. The fourth-order valence-electron chi connectivity index (χ4n) is 5.94. The molecule has 50 heavy (non-hydrogen) atoms. The Morgan fingerprint density at radius 1 is 0.880 bits per heavy atom. The van der Waals surface area contributed by atoms with Crippen molar-refractivity contribution in [2.45, 2.75) is 173 Å². The van der Waals surface area contributed by atoms with Gasteiger partial charge in [0.2, 0.25) is 0 Å². The summed E-state index contributed by atoms with van der Waals surface area (Å²) in [5.74, 6) is -0.0262. The Bertz CT molecular complexity index is 1280. The Morgan fingerprint density at radius 3 is 2.22 bits per heavy atom. The predicted molar refractivity (Wildman–Crippen MR) is 209 cm³/mol. The summed E-state index contributed by atoms with van der Waals surface area (Å²) < 4.78 is 32.5. The summed E-state index contributed by atoms with van der Waals surface area (Å²) in [5, 5.41) is -0.0718. The molecule has 3 heterocycles. The van der Waals surface area contributed by atoms with Crippen molar-refractivity contribution < 1.29 is 32.7 Å². The summed E-state index contributed by atoms with van der Waals surface area (Å²) in [4.78, 5) is 27.0. The zero-order chi connectivity index (χ0) is 37.3. The Morgan fingerprint density at radius 2 is 1.56 bits per heavy atom. The van der Waals surface area contributed by atoms with Gasteiger partial charge in [0.25, 0.3) is 0 Å². The van der Waals surface area contributed by atoms with Crippen molar-refractivity contribution >= 4 is 28.4 Å². The van der Waals surface area contributed by atoms with Gasteiger partial charge in [-0.1, -0.05) is 103 Å². The van der Waals surface area contributed by atoms with E-state index in [2.05, 4.69) is 106 Å². The zero-order valence-electron chi connectivity index (χ0n) is 33.3. The van der Waals surface area contributed by atoms with E-state index < -0.39 is 34.8 Å². The minimum absolute atomic E-state index is 0.0163. The number of ether oxygens (including phenoxy) is 3. The van der Waals surface area contributed by atoms with Crippen LogP contribution in [0.3, 0.4) is 0 Å². The van der Waals surface area contributed by atoms with Crippen LogP contribution in [0.1, 0.15) is 100 Å². The quantitative estimate of drug-likeness (QED) is 0.147. The second kappa shape index (κ2) is 18.2. The molecule has 0 saturated heterocycles. The van der Waals surface area contributed by atoms with E-state index in [1.807, 2.05) is 24.3 Å². The van der Waals surface area contributed by atoms with Crippen LogP contribution in [0.15, 0.2) is 60.3 Å². The molecule has 0 N–H and O–H groups in total. The maximum atomic E-state index is 13.6. The standard InChI is InChI=1S/C41H68O7Si2/c1-30-24-25-44-34(27-30)22-23-38(48-50(11,12)41(6,7)8)37-20-14-19-36(47-49(9,10)40(3,4)5)29-32(42)26-31(2)28-35-18-13-16-33(45-35)17-15-21-39(43)46-37/h13-16,19,21-24,31,33-38H,17-18,20,25-29H2,1-12H3/b19-14+,21-15-,23-22+/t31-,33-,34+,35-,36?,37-,38-/m0/s1. The van der Waals surface area contributed by atoms with E-state index in [0.29, 0.717) is 32.3 Å². The van der Waals surface area contributed by atoms with E-state index in [-0.39, 0.29) is 46.2 Å². The molecular formula is C41H68O7Si2. The highest BCUT2D eigenvalue weighted by atomic mass is 28.4. The van der Waals surface area contributed by atoms with Gasteiger partial charge in [0.05, 0.1) is 31.0 Å². The van der Waals surface area contributed by atoms with Crippen LogP contribution in [0.4, 0.5) is 0 Å². The third-order valence-electron chi connectivity index (χ3n) is 11.0. The average molecular weight is 729 g/mol. The number of rotatable bonds is 7. The molecule has 0 aliphatic carbocycles. The van der Waals surface area contributed by atoms with Gasteiger partial charge in [0, 0.05) is 25.3 Å². The van der Waals surface area contributed by atoms with E-state index in [9.17, 15) is 9.59 Å². The predicted octanol–water partition coefficient (Wildman–Crippen LogP) is 9.97. The van der Waals surface area contributed by atoms with Gasteiger partial charge in [-0.05, 0) is 74.8 Å². The molecule has 0 fully saturated rings. The van der Waals surface area contributed by atoms with E-state index in [4.69, 9.17) is 23.1 Å². The van der Waals surface area contributed by atoms with Gasteiger partial charge in [-0.15, -0.1) is 0 Å². The largest absolute Gasteiger partial charge is 0.456 e. The molecule has 282 valence electrons. The van der Waals surface area contributed by atoms with Crippen molar-refractivity contribution in [2.24, 2.45) is 5.92 Å². The van der Waals surface area contributed by atoms with Crippen LogP contribution in [0.25, 0.3) is 0 Å².